The van der Waals surface area contributed by atoms with Gasteiger partial charge in [-0.25, -0.2) is 26.6 Å². The van der Waals surface area contributed by atoms with Gasteiger partial charge in [0.15, 0.2) is 19.7 Å². The van der Waals surface area contributed by atoms with Crippen LogP contribution in [0.5, 0.6) is 0 Å². The minimum atomic E-state index is -3.46. The van der Waals surface area contributed by atoms with Gasteiger partial charge < -0.3 is 0 Å². The Balaban J connectivity index is 1.75. The predicted molar refractivity (Wildman–Crippen MR) is 98.4 cm³/mol. The van der Waals surface area contributed by atoms with Gasteiger partial charge in [0.1, 0.15) is 0 Å². The number of hydrogen-bond acceptors (Lipinski definition) is 6. The molecule has 0 amide bonds. The van der Waals surface area contributed by atoms with E-state index in [2.05, 4.69) is 0 Å². The van der Waals surface area contributed by atoms with Crippen LogP contribution in [-0.4, -0.2) is 41.6 Å². The van der Waals surface area contributed by atoms with Crippen molar-refractivity contribution in [2.45, 2.75) is 23.6 Å². The van der Waals surface area contributed by atoms with E-state index in [9.17, 15) is 16.8 Å². The lowest BCUT2D eigenvalue weighted by Gasteiger charge is -2.07. The van der Waals surface area contributed by atoms with Crippen molar-refractivity contribution in [3.05, 3.63) is 59.7 Å². The Morgan fingerprint density at radius 1 is 0.615 bits per heavy atom. The molecule has 0 aromatic heterocycles. The molecule has 0 aliphatic carbocycles. The van der Waals surface area contributed by atoms with Crippen LogP contribution < -0.4 is 0 Å². The van der Waals surface area contributed by atoms with Crippen molar-refractivity contribution in [2.75, 3.05) is 24.7 Å². The number of aryl methyl sites for hydroxylation is 2. The molecule has 6 nitrogen and oxygen atoms in total. The van der Waals surface area contributed by atoms with Crippen molar-refractivity contribution in [3.63, 3.8) is 0 Å². The van der Waals surface area contributed by atoms with Crippen LogP contribution >= 0.6 is 0 Å². The molecule has 0 atom stereocenters. The fourth-order valence-corrected chi connectivity index (χ4v) is 4.28. The molecule has 0 fully saturated rings. The standard InChI is InChI=1S/C18H22O6S2/c1-15-3-7-17(8-4-15)25(19,20)13-11-23-24-12-14-26(21,22)18-9-5-16(2)6-10-18/h3-10H,11-14H2,1-2H3. The van der Waals surface area contributed by atoms with Gasteiger partial charge in [0.2, 0.25) is 0 Å². The first-order chi connectivity index (χ1) is 12.2. The highest BCUT2D eigenvalue weighted by Crippen LogP contribution is 2.13. The average molecular weight is 399 g/mol. The Morgan fingerprint density at radius 3 is 1.23 bits per heavy atom. The lowest BCUT2D eigenvalue weighted by atomic mass is 10.2. The Bertz CT molecular complexity index is 835. The van der Waals surface area contributed by atoms with Crippen LogP contribution in [0.1, 0.15) is 11.1 Å². The molecule has 0 saturated carbocycles. The number of hydrogen-bond donors (Lipinski definition) is 0. The van der Waals surface area contributed by atoms with Crippen LogP contribution in [0.2, 0.25) is 0 Å². The van der Waals surface area contributed by atoms with Crippen molar-refractivity contribution < 1.29 is 26.6 Å². The van der Waals surface area contributed by atoms with E-state index in [0.29, 0.717) is 0 Å². The van der Waals surface area contributed by atoms with Gasteiger partial charge in [-0.05, 0) is 38.1 Å². The molecule has 8 heteroatoms. The zero-order chi connectivity index (χ0) is 19.2. The number of rotatable bonds is 9. The summed E-state index contributed by atoms with van der Waals surface area (Å²) in [5.74, 6) is -0.498. The molecular weight excluding hydrogens is 376 g/mol. The summed E-state index contributed by atoms with van der Waals surface area (Å²) in [6.07, 6.45) is 0. The second-order valence-corrected chi connectivity index (χ2v) is 10.1. The largest absolute Gasteiger partial charge is 0.236 e. The van der Waals surface area contributed by atoms with Crippen LogP contribution in [0.25, 0.3) is 0 Å². The first kappa shape index (κ1) is 20.6. The van der Waals surface area contributed by atoms with Gasteiger partial charge in [-0.3, -0.25) is 0 Å². The average Bonchev–Trinajstić information content (AvgIpc) is 2.58. The van der Waals surface area contributed by atoms with Crippen molar-refractivity contribution >= 4 is 19.7 Å². The van der Waals surface area contributed by atoms with E-state index in [4.69, 9.17) is 9.78 Å². The minimum Gasteiger partial charge on any atom is -0.236 e. The van der Waals surface area contributed by atoms with Crippen LogP contribution in [0, 0.1) is 13.8 Å². The third kappa shape index (κ3) is 5.91. The molecule has 2 rings (SSSR count). The summed E-state index contributed by atoms with van der Waals surface area (Å²) in [5, 5.41) is 0. The zero-order valence-electron chi connectivity index (χ0n) is 14.7. The predicted octanol–water partition coefficient (Wildman–Crippen LogP) is 2.50. The van der Waals surface area contributed by atoms with Crippen LogP contribution in [0.3, 0.4) is 0 Å². The molecule has 2 aromatic carbocycles. The lowest BCUT2D eigenvalue weighted by Crippen LogP contribution is -2.16. The molecule has 0 heterocycles. The quantitative estimate of drug-likeness (QED) is 0.366. The van der Waals surface area contributed by atoms with Crippen molar-refractivity contribution in [1.29, 1.82) is 0 Å². The monoisotopic (exact) mass is 398 g/mol. The molecule has 0 radical (unpaired) electrons. The fraction of sp³-hybridized carbons (Fsp3) is 0.333. The molecule has 0 aliphatic rings. The van der Waals surface area contributed by atoms with E-state index in [1.807, 2.05) is 13.8 Å². The van der Waals surface area contributed by atoms with E-state index in [1.54, 1.807) is 48.5 Å². The SMILES string of the molecule is Cc1ccc(S(=O)(=O)CCOOCCS(=O)(=O)c2ccc(C)cc2)cc1. The topological polar surface area (TPSA) is 86.7 Å². The second kappa shape index (κ2) is 8.77. The smallest absolute Gasteiger partial charge is 0.180 e. The summed E-state index contributed by atoms with van der Waals surface area (Å²) in [7, 11) is -6.93. The molecule has 0 saturated heterocycles. The third-order valence-corrected chi connectivity index (χ3v) is 7.10. The molecule has 0 spiro atoms. The summed E-state index contributed by atoms with van der Waals surface area (Å²) in [6, 6.07) is 13.1. The van der Waals surface area contributed by atoms with Gasteiger partial charge in [0.25, 0.3) is 0 Å². The van der Waals surface area contributed by atoms with Crippen LogP contribution in [-0.2, 0) is 29.4 Å². The van der Waals surface area contributed by atoms with Gasteiger partial charge in [-0.1, -0.05) is 35.4 Å². The third-order valence-electron chi connectivity index (χ3n) is 3.71. The highest BCUT2D eigenvalue weighted by molar-refractivity contribution is 7.91. The molecule has 0 unspecified atom stereocenters. The summed E-state index contributed by atoms with van der Waals surface area (Å²) in [6.45, 7) is 3.39. The highest BCUT2D eigenvalue weighted by Gasteiger charge is 2.16. The van der Waals surface area contributed by atoms with E-state index < -0.39 is 19.7 Å². The summed E-state index contributed by atoms with van der Waals surface area (Å²) in [4.78, 5) is 10.1. The molecule has 0 N–H and O–H groups in total. The maximum atomic E-state index is 12.1. The molecule has 26 heavy (non-hydrogen) atoms. The van der Waals surface area contributed by atoms with E-state index in [1.165, 1.54) is 0 Å². The van der Waals surface area contributed by atoms with Crippen LogP contribution in [0.15, 0.2) is 58.3 Å². The van der Waals surface area contributed by atoms with Crippen molar-refractivity contribution in [1.82, 2.24) is 0 Å². The van der Waals surface area contributed by atoms with Gasteiger partial charge in [0, 0.05) is 0 Å². The van der Waals surface area contributed by atoms with Crippen LogP contribution in [0.4, 0.5) is 0 Å². The Labute approximate surface area is 154 Å². The Morgan fingerprint density at radius 2 is 0.923 bits per heavy atom. The van der Waals surface area contributed by atoms with Crippen molar-refractivity contribution in [3.8, 4) is 0 Å². The van der Waals surface area contributed by atoms with Gasteiger partial charge in [-0.2, -0.15) is 0 Å². The molecule has 142 valence electrons. The summed E-state index contributed by atoms with van der Waals surface area (Å²) in [5.41, 5.74) is 1.94. The molecular formula is C18H22O6S2. The van der Waals surface area contributed by atoms with Crippen molar-refractivity contribution in [2.24, 2.45) is 0 Å². The first-order valence-electron chi connectivity index (χ1n) is 8.04. The van der Waals surface area contributed by atoms with E-state index in [0.717, 1.165) is 11.1 Å². The first-order valence-corrected chi connectivity index (χ1v) is 11.3. The number of sulfone groups is 2. The number of benzene rings is 2. The summed E-state index contributed by atoms with van der Waals surface area (Å²) >= 11 is 0. The minimum absolute atomic E-state index is 0.180. The van der Waals surface area contributed by atoms with E-state index in [-0.39, 0.29) is 34.5 Å². The maximum Gasteiger partial charge on any atom is 0.180 e. The Kier molecular flexibility index (Phi) is 6.94. The lowest BCUT2D eigenvalue weighted by molar-refractivity contribution is -0.286. The van der Waals surface area contributed by atoms with Gasteiger partial charge >= 0.3 is 0 Å². The highest BCUT2D eigenvalue weighted by atomic mass is 32.2. The molecule has 2 aromatic rings. The van der Waals surface area contributed by atoms with Gasteiger partial charge in [0.05, 0.1) is 34.5 Å². The fourth-order valence-electron chi connectivity index (χ4n) is 2.13. The van der Waals surface area contributed by atoms with Gasteiger partial charge in [-0.15, -0.1) is 0 Å². The normalized spacial score (nSPS) is 12.2. The zero-order valence-corrected chi connectivity index (χ0v) is 16.3. The Hall–Kier alpha value is -1.74. The summed E-state index contributed by atoms with van der Waals surface area (Å²) < 4.78 is 48.5. The molecule has 0 aliphatic heterocycles. The second-order valence-electron chi connectivity index (χ2n) is 5.91. The maximum absolute atomic E-state index is 12.1. The van der Waals surface area contributed by atoms with E-state index >= 15 is 0 Å². The molecule has 0 bridgehead atoms.